The van der Waals surface area contributed by atoms with Crippen molar-refractivity contribution in [1.29, 1.82) is 0 Å². The van der Waals surface area contributed by atoms with Gasteiger partial charge >= 0.3 is 0 Å². The molecule has 128 valence electrons. The van der Waals surface area contributed by atoms with Crippen LogP contribution in [0.25, 0.3) is 11.1 Å². The molecule has 2 nitrogen and oxygen atoms in total. The largest absolute Gasteiger partial charge is 0.285 e. The predicted octanol–water partition coefficient (Wildman–Crippen LogP) is 4.45. The van der Waals surface area contributed by atoms with E-state index in [9.17, 15) is 4.21 Å². The van der Waals surface area contributed by atoms with Crippen LogP contribution in [0.1, 0.15) is 33.4 Å². The van der Waals surface area contributed by atoms with Crippen LogP contribution in [0.15, 0.2) is 60.7 Å². The molecular formula is C23H18O2S. The fourth-order valence-corrected chi connectivity index (χ4v) is 6.06. The first-order valence-corrected chi connectivity index (χ1v) is 10.3. The van der Waals surface area contributed by atoms with Gasteiger partial charge in [0.15, 0.2) is 11.1 Å². The van der Waals surface area contributed by atoms with Crippen LogP contribution in [0.5, 0.6) is 0 Å². The molecule has 1 heterocycles. The summed E-state index contributed by atoms with van der Waals surface area (Å²) in [5, 5.41) is 0. The quantitative estimate of drug-likeness (QED) is 0.594. The molecule has 0 radical (unpaired) electrons. The van der Waals surface area contributed by atoms with E-state index in [0.717, 1.165) is 12.8 Å². The van der Waals surface area contributed by atoms with Crippen molar-refractivity contribution in [1.82, 2.24) is 0 Å². The van der Waals surface area contributed by atoms with Crippen molar-refractivity contribution in [2.24, 2.45) is 0 Å². The smallest absolute Gasteiger partial charge is 0.160 e. The van der Waals surface area contributed by atoms with Gasteiger partial charge in [0.05, 0.1) is 12.4 Å². The van der Waals surface area contributed by atoms with Crippen molar-refractivity contribution in [2.75, 3.05) is 0 Å². The summed E-state index contributed by atoms with van der Waals surface area (Å²) in [6, 6.07) is 22.3. The maximum Gasteiger partial charge on any atom is 0.160 e. The van der Waals surface area contributed by atoms with Gasteiger partial charge in [-0.15, -0.1) is 0 Å². The molecule has 0 saturated heterocycles. The first-order chi connectivity index (χ1) is 12.7. The monoisotopic (exact) mass is 358 g/mol. The highest BCUT2D eigenvalue weighted by molar-refractivity contribution is 7.79. The van der Waals surface area contributed by atoms with Gasteiger partial charge in [-0.25, -0.2) is 4.21 Å². The van der Waals surface area contributed by atoms with Crippen LogP contribution in [0.4, 0.5) is 0 Å². The third-order valence-electron chi connectivity index (χ3n) is 6.30. The Morgan fingerprint density at radius 3 is 2.00 bits per heavy atom. The van der Waals surface area contributed by atoms with E-state index >= 15 is 0 Å². The Hall–Kier alpha value is -2.23. The van der Waals surface area contributed by atoms with Gasteiger partial charge in [-0.2, -0.15) is 0 Å². The van der Waals surface area contributed by atoms with E-state index < -0.39 is 11.1 Å². The van der Waals surface area contributed by atoms with E-state index in [1.165, 1.54) is 44.5 Å². The summed E-state index contributed by atoms with van der Waals surface area (Å²) in [6.45, 7) is 0.468. The second kappa shape index (κ2) is 5.15. The minimum absolute atomic E-state index is 0.0411. The third-order valence-corrected chi connectivity index (χ3v) is 7.23. The van der Waals surface area contributed by atoms with Gasteiger partial charge in [0.1, 0.15) is 0 Å². The molecule has 0 fully saturated rings. The SMILES string of the molecule is O=S1Cc2cc3c(cc2CO1)CC1(C3)c2ccccc2-c2ccccc21. The molecular weight excluding hydrogens is 340 g/mol. The molecule has 3 aromatic carbocycles. The number of hydrogen-bond acceptors (Lipinski definition) is 2. The van der Waals surface area contributed by atoms with Gasteiger partial charge in [0, 0.05) is 5.41 Å². The van der Waals surface area contributed by atoms with Crippen molar-refractivity contribution in [3.05, 3.63) is 94.0 Å². The molecule has 3 aliphatic rings. The second-order valence-electron chi connectivity index (χ2n) is 7.63. The lowest BCUT2D eigenvalue weighted by atomic mass is 9.76. The van der Waals surface area contributed by atoms with Crippen molar-refractivity contribution >= 4 is 11.1 Å². The highest BCUT2D eigenvalue weighted by Crippen LogP contribution is 2.55. The van der Waals surface area contributed by atoms with Crippen molar-refractivity contribution in [3.63, 3.8) is 0 Å². The number of hydrogen-bond donors (Lipinski definition) is 0. The van der Waals surface area contributed by atoms with E-state index in [0.29, 0.717) is 12.4 Å². The number of benzene rings is 3. The Bertz CT molecular complexity index is 1050. The van der Waals surface area contributed by atoms with Crippen LogP contribution in [0, 0.1) is 0 Å². The maximum atomic E-state index is 11.8. The van der Waals surface area contributed by atoms with E-state index in [1.54, 1.807) is 0 Å². The molecule has 3 heteroatoms. The standard InChI is InChI=1S/C23H18O2S/c24-26-14-18-10-16-12-23(11-15(16)9-17(18)13-25-26)21-7-3-1-5-19(21)20-6-2-4-8-22(20)23/h1-10H,11-14H2. The van der Waals surface area contributed by atoms with E-state index in [-0.39, 0.29) is 5.41 Å². The van der Waals surface area contributed by atoms with Gasteiger partial charge < -0.3 is 0 Å². The summed E-state index contributed by atoms with van der Waals surface area (Å²) >= 11 is -1.18. The molecule has 1 atom stereocenters. The summed E-state index contributed by atoms with van der Waals surface area (Å²) < 4.78 is 17.2. The summed E-state index contributed by atoms with van der Waals surface area (Å²) in [5.74, 6) is 0.517. The molecule has 0 amide bonds. The summed E-state index contributed by atoms with van der Waals surface area (Å²) in [6.07, 6.45) is 2.06. The second-order valence-corrected chi connectivity index (χ2v) is 8.76. The Labute approximate surface area is 155 Å². The fraction of sp³-hybridized carbons (Fsp3) is 0.217. The van der Waals surface area contributed by atoms with Crippen molar-refractivity contribution < 1.29 is 8.39 Å². The molecule has 0 aromatic heterocycles. The van der Waals surface area contributed by atoms with E-state index in [1.807, 2.05) is 0 Å². The van der Waals surface area contributed by atoms with Crippen LogP contribution >= 0.6 is 0 Å². The minimum atomic E-state index is -1.18. The van der Waals surface area contributed by atoms with Crippen LogP contribution in [0.2, 0.25) is 0 Å². The predicted molar refractivity (Wildman–Crippen MR) is 103 cm³/mol. The highest BCUT2D eigenvalue weighted by Gasteiger charge is 2.47. The zero-order chi connectivity index (χ0) is 17.3. The Morgan fingerprint density at radius 1 is 0.769 bits per heavy atom. The van der Waals surface area contributed by atoms with E-state index in [2.05, 4.69) is 60.7 Å². The molecule has 0 N–H and O–H groups in total. The molecule has 3 aromatic rings. The van der Waals surface area contributed by atoms with Crippen LogP contribution < -0.4 is 0 Å². The Morgan fingerprint density at radius 2 is 1.35 bits per heavy atom. The average molecular weight is 358 g/mol. The molecule has 0 saturated carbocycles. The zero-order valence-electron chi connectivity index (χ0n) is 14.3. The molecule has 1 spiro atoms. The third kappa shape index (κ3) is 1.88. The first kappa shape index (κ1) is 14.9. The average Bonchev–Trinajstić information content (AvgIpc) is 3.17. The number of fused-ring (bicyclic) bond motifs is 7. The molecule has 0 bridgehead atoms. The normalized spacial score (nSPS) is 21.2. The van der Waals surface area contributed by atoms with Gasteiger partial charge in [0.25, 0.3) is 0 Å². The van der Waals surface area contributed by atoms with Crippen LogP contribution in [-0.4, -0.2) is 4.21 Å². The maximum absolute atomic E-state index is 11.8. The lowest BCUT2D eigenvalue weighted by Crippen LogP contribution is -2.25. The molecule has 2 aliphatic carbocycles. The molecule has 1 unspecified atom stereocenters. The summed E-state index contributed by atoms with van der Waals surface area (Å²) in [7, 11) is 0. The van der Waals surface area contributed by atoms with Gasteiger partial charge in [-0.1, -0.05) is 60.7 Å². The van der Waals surface area contributed by atoms with Gasteiger partial charge in [0.2, 0.25) is 0 Å². The number of rotatable bonds is 0. The van der Waals surface area contributed by atoms with Crippen molar-refractivity contribution in [3.8, 4) is 11.1 Å². The van der Waals surface area contributed by atoms with Crippen molar-refractivity contribution in [2.45, 2.75) is 30.6 Å². The Balaban J connectivity index is 1.55. The van der Waals surface area contributed by atoms with Gasteiger partial charge in [-0.3, -0.25) is 4.18 Å². The van der Waals surface area contributed by atoms with Crippen LogP contribution in [-0.2, 0) is 45.9 Å². The Kier molecular flexibility index (Phi) is 2.95. The lowest BCUT2D eigenvalue weighted by Gasteiger charge is -2.26. The molecule has 26 heavy (non-hydrogen) atoms. The summed E-state index contributed by atoms with van der Waals surface area (Å²) in [4.78, 5) is 0. The zero-order valence-corrected chi connectivity index (χ0v) is 15.1. The first-order valence-electron chi connectivity index (χ1n) is 9.09. The van der Waals surface area contributed by atoms with Crippen LogP contribution in [0.3, 0.4) is 0 Å². The topological polar surface area (TPSA) is 26.3 Å². The highest BCUT2D eigenvalue weighted by atomic mass is 32.2. The molecule has 1 aliphatic heterocycles. The lowest BCUT2D eigenvalue weighted by molar-refractivity contribution is 0.327. The fourth-order valence-electron chi connectivity index (χ4n) is 5.20. The van der Waals surface area contributed by atoms with E-state index in [4.69, 9.17) is 4.18 Å². The molecule has 6 rings (SSSR count). The minimum Gasteiger partial charge on any atom is -0.285 e. The van der Waals surface area contributed by atoms with Gasteiger partial charge in [-0.05, 0) is 57.3 Å². The summed E-state index contributed by atoms with van der Waals surface area (Å²) in [5.41, 5.74) is 10.9.